The van der Waals surface area contributed by atoms with Gasteiger partial charge in [-0.1, -0.05) is 22.7 Å². The van der Waals surface area contributed by atoms with Gasteiger partial charge in [0.2, 0.25) is 0 Å². The highest BCUT2D eigenvalue weighted by molar-refractivity contribution is 7.07. The van der Waals surface area contributed by atoms with Crippen LogP contribution in [0.15, 0.2) is 30.5 Å². The molecule has 0 spiro atoms. The standard InChI is InChI=1S/C12H10F3N3O2S/c13-12(14,15)8-4-2-1-3-7(8)9(6-19)17-11(20)10-5-16-18-21-10/h1-5,9,19H,6H2,(H,17,20). The molecular formula is C12H10F3N3O2S. The molecule has 2 rings (SSSR count). The van der Waals surface area contributed by atoms with Crippen LogP contribution in [-0.2, 0) is 6.18 Å². The number of amides is 1. The van der Waals surface area contributed by atoms with E-state index in [0.29, 0.717) is 0 Å². The Bertz CT molecular complexity index is 616. The summed E-state index contributed by atoms with van der Waals surface area (Å²) < 4.78 is 42.3. The maximum atomic E-state index is 12.9. The third-order valence-corrected chi connectivity index (χ3v) is 3.38. The first-order valence-corrected chi connectivity index (χ1v) is 6.56. The topological polar surface area (TPSA) is 75.1 Å². The lowest BCUT2D eigenvalue weighted by Gasteiger charge is -2.20. The molecule has 0 fully saturated rings. The van der Waals surface area contributed by atoms with Gasteiger partial charge in [-0.25, -0.2) is 0 Å². The summed E-state index contributed by atoms with van der Waals surface area (Å²) in [4.78, 5) is 12.0. The van der Waals surface area contributed by atoms with Gasteiger partial charge < -0.3 is 10.4 Å². The van der Waals surface area contributed by atoms with E-state index in [0.717, 1.165) is 17.6 Å². The van der Waals surface area contributed by atoms with Gasteiger partial charge in [0.15, 0.2) is 0 Å². The molecule has 0 saturated carbocycles. The fraction of sp³-hybridized carbons (Fsp3) is 0.250. The van der Waals surface area contributed by atoms with E-state index in [1.807, 2.05) is 0 Å². The number of aliphatic hydroxyl groups is 1. The molecule has 1 atom stereocenters. The van der Waals surface area contributed by atoms with E-state index in [1.165, 1.54) is 24.4 Å². The highest BCUT2D eigenvalue weighted by Gasteiger charge is 2.35. The van der Waals surface area contributed by atoms with Gasteiger partial charge in [-0.3, -0.25) is 4.79 Å². The molecule has 112 valence electrons. The zero-order valence-electron chi connectivity index (χ0n) is 10.5. The SMILES string of the molecule is O=C(NC(CO)c1ccccc1C(F)(F)F)c1cnns1. The van der Waals surface area contributed by atoms with E-state index in [4.69, 9.17) is 0 Å². The summed E-state index contributed by atoms with van der Waals surface area (Å²) >= 11 is 0.811. The molecule has 1 amide bonds. The maximum absolute atomic E-state index is 12.9. The number of aromatic nitrogens is 2. The minimum absolute atomic E-state index is 0.151. The van der Waals surface area contributed by atoms with Crippen molar-refractivity contribution in [2.45, 2.75) is 12.2 Å². The highest BCUT2D eigenvalue weighted by atomic mass is 32.1. The lowest BCUT2D eigenvalue weighted by molar-refractivity contribution is -0.138. The largest absolute Gasteiger partial charge is 0.416 e. The van der Waals surface area contributed by atoms with Crippen LogP contribution in [-0.4, -0.2) is 27.2 Å². The van der Waals surface area contributed by atoms with Gasteiger partial charge in [0, 0.05) is 0 Å². The van der Waals surface area contributed by atoms with Crippen molar-refractivity contribution in [3.05, 3.63) is 46.5 Å². The Labute approximate surface area is 121 Å². The predicted octanol–water partition coefficient (Wildman–Crippen LogP) is 2.02. The van der Waals surface area contributed by atoms with E-state index >= 15 is 0 Å². The average molecular weight is 317 g/mol. The number of hydrogen-bond acceptors (Lipinski definition) is 5. The van der Waals surface area contributed by atoms with Crippen molar-refractivity contribution in [3.63, 3.8) is 0 Å². The number of hydrogen-bond donors (Lipinski definition) is 2. The first-order valence-electron chi connectivity index (χ1n) is 5.78. The summed E-state index contributed by atoms with van der Waals surface area (Å²) in [5, 5.41) is 15.1. The van der Waals surface area contributed by atoms with Gasteiger partial charge in [0.1, 0.15) is 4.88 Å². The Kier molecular flexibility index (Phi) is 4.53. The molecule has 0 aliphatic rings. The minimum Gasteiger partial charge on any atom is -0.394 e. The molecule has 0 radical (unpaired) electrons. The van der Waals surface area contributed by atoms with Crippen LogP contribution in [0.5, 0.6) is 0 Å². The van der Waals surface area contributed by atoms with Crippen molar-refractivity contribution >= 4 is 17.4 Å². The quantitative estimate of drug-likeness (QED) is 0.905. The third kappa shape index (κ3) is 3.56. The maximum Gasteiger partial charge on any atom is 0.416 e. The summed E-state index contributed by atoms with van der Waals surface area (Å²) in [6.45, 7) is -0.662. The monoisotopic (exact) mass is 317 g/mol. The number of halogens is 3. The molecule has 0 aliphatic carbocycles. The molecule has 1 aromatic heterocycles. The lowest BCUT2D eigenvalue weighted by atomic mass is 10.00. The second kappa shape index (κ2) is 6.19. The van der Waals surface area contributed by atoms with Crippen LogP contribution in [0.25, 0.3) is 0 Å². The van der Waals surface area contributed by atoms with Gasteiger partial charge in [0.25, 0.3) is 5.91 Å². The van der Waals surface area contributed by atoms with Gasteiger partial charge in [-0.05, 0) is 23.2 Å². The minimum atomic E-state index is -4.57. The van der Waals surface area contributed by atoms with Crippen molar-refractivity contribution in [3.8, 4) is 0 Å². The molecule has 0 saturated heterocycles. The number of nitrogens with one attached hydrogen (secondary N) is 1. The van der Waals surface area contributed by atoms with Gasteiger partial charge >= 0.3 is 6.18 Å². The number of alkyl halides is 3. The number of carbonyl (C=O) groups is 1. The first-order chi connectivity index (χ1) is 9.93. The van der Waals surface area contributed by atoms with Crippen LogP contribution >= 0.6 is 11.5 Å². The van der Waals surface area contributed by atoms with Gasteiger partial charge in [-0.15, -0.1) is 5.10 Å². The molecule has 2 aromatic rings. The molecule has 1 unspecified atom stereocenters. The number of benzene rings is 1. The summed E-state index contributed by atoms with van der Waals surface area (Å²) in [6, 6.07) is 3.61. The van der Waals surface area contributed by atoms with Gasteiger partial charge in [0.05, 0.1) is 24.4 Å². The number of rotatable bonds is 4. The Morgan fingerprint density at radius 1 is 1.38 bits per heavy atom. The van der Waals surface area contributed by atoms with Crippen LogP contribution in [0.3, 0.4) is 0 Å². The zero-order chi connectivity index (χ0) is 15.5. The van der Waals surface area contributed by atoms with Gasteiger partial charge in [-0.2, -0.15) is 13.2 Å². The van der Waals surface area contributed by atoms with E-state index in [-0.39, 0.29) is 10.4 Å². The normalized spacial score (nSPS) is 13.0. The number of nitrogens with zero attached hydrogens (tertiary/aromatic N) is 2. The molecule has 9 heteroatoms. The molecule has 1 aromatic carbocycles. The number of carbonyl (C=O) groups excluding carboxylic acids is 1. The van der Waals surface area contributed by atoms with E-state index in [9.17, 15) is 23.1 Å². The van der Waals surface area contributed by atoms with Crippen LogP contribution in [0.1, 0.15) is 26.8 Å². The molecule has 1 heterocycles. The van der Waals surface area contributed by atoms with Crippen molar-refractivity contribution in [1.29, 1.82) is 0 Å². The van der Waals surface area contributed by atoms with Crippen molar-refractivity contribution < 1.29 is 23.1 Å². The highest BCUT2D eigenvalue weighted by Crippen LogP contribution is 2.34. The number of aliphatic hydroxyl groups excluding tert-OH is 1. The molecular weight excluding hydrogens is 307 g/mol. The molecule has 0 aliphatic heterocycles. The van der Waals surface area contributed by atoms with Crippen molar-refractivity contribution in [2.24, 2.45) is 0 Å². The first kappa shape index (κ1) is 15.4. The van der Waals surface area contributed by atoms with E-state index < -0.39 is 30.3 Å². The summed E-state index contributed by atoms with van der Waals surface area (Å²) in [5.74, 6) is -0.638. The third-order valence-electron chi connectivity index (χ3n) is 2.71. The van der Waals surface area contributed by atoms with Crippen molar-refractivity contribution in [2.75, 3.05) is 6.61 Å². The zero-order valence-corrected chi connectivity index (χ0v) is 11.3. The Morgan fingerprint density at radius 3 is 2.67 bits per heavy atom. The second-order valence-electron chi connectivity index (χ2n) is 4.08. The van der Waals surface area contributed by atoms with Crippen LogP contribution in [0.4, 0.5) is 13.2 Å². The second-order valence-corrected chi connectivity index (χ2v) is 4.86. The fourth-order valence-corrected chi connectivity index (χ4v) is 2.20. The predicted molar refractivity (Wildman–Crippen MR) is 68.6 cm³/mol. The molecule has 21 heavy (non-hydrogen) atoms. The van der Waals surface area contributed by atoms with Crippen LogP contribution in [0, 0.1) is 0 Å². The molecule has 0 bridgehead atoms. The molecule has 2 N–H and O–H groups in total. The van der Waals surface area contributed by atoms with Crippen LogP contribution in [0.2, 0.25) is 0 Å². The summed E-state index contributed by atoms with van der Waals surface area (Å²) in [7, 11) is 0. The van der Waals surface area contributed by atoms with E-state index in [2.05, 4.69) is 14.9 Å². The Morgan fingerprint density at radius 2 is 2.10 bits per heavy atom. The lowest BCUT2D eigenvalue weighted by Crippen LogP contribution is -2.31. The van der Waals surface area contributed by atoms with Crippen molar-refractivity contribution in [1.82, 2.24) is 14.9 Å². The summed E-state index contributed by atoms with van der Waals surface area (Å²) in [5.41, 5.74) is -1.09. The average Bonchev–Trinajstić information content (AvgIpc) is 2.98. The fourth-order valence-electron chi connectivity index (χ4n) is 1.78. The Balaban J connectivity index is 2.28. The molecule has 5 nitrogen and oxygen atoms in total. The smallest absolute Gasteiger partial charge is 0.394 e. The summed E-state index contributed by atoms with van der Waals surface area (Å²) in [6.07, 6.45) is -3.37. The van der Waals surface area contributed by atoms with Crippen LogP contribution < -0.4 is 5.32 Å². The Hall–Kier alpha value is -2.00. The van der Waals surface area contributed by atoms with E-state index in [1.54, 1.807) is 0 Å².